The van der Waals surface area contributed by atoms with Gasteiger partial charge in [-0.2, -0.15) is 0 Å². The van der Waals surface area contributed by atoms with Crippen molar-refractivity contribution in [3.63, 3.8) is 0 Å². The van der Waals surface area contributed by atoms with Crippen LogP contribution in [0.1, 0.15) is 15.9 Å². The van der Waals surface area contributed by atoms with Crippen molar-refractivity contribution < 1.29 is 4.79 Å². The average Bonchev–Trinajstić information content (AvgIpc) is 2.64. The highest BCUT2D eigenvalue weighted by atomic mass is 35.5. The molecule has 2 nitrogen and oxygen atoms in total. The quantitative estimate of drug-likeness (QED) is 0.473. The van der Waals surface area contributed by atoms with Gasteiger partial charge in [-0.25, -0.2) is 0 Å². The fraction of sp³-hybridized carbons (Fsp3) is 0.0500. The Hall–Kier alpha value is -1.94. The molecule has 0 radical (unpaired) electrons. The van der Waals surface area contributed by atoms with Gasteiger partial charge in [-0.15, -0.1) is 0 Å². The van der Waals surface area contributed by atoms with E-state index in [1.165, 1.54) is 0 Å². The number of fused-ring (bicyclic) bond motifs is 2. The molecule has 0 amide bonds. The number of rotatable bonds is 3. The van der Waals surface area contributed by atoms with Crippen molar-refractivity contribution in [3.8, 4) is 0 Å². The van der Waals surface area contributed by atoms with E-state index < -0.39 is 0 Å². The highest BCUT2D eigenvalue weighted by Gasteiger charge is 2.23. The zero-order valence-corrected chi connectivity index (χ0v) is 15.4. The van der Waals surface area contributed by atoms with E-state index in [9.17, 15) is 4.79 Å². The van der Waals surface area contributed by atoms with Gasteiger partial charge in [-0.05, 0) is 48.0 Å². The van der Waals surface area contributed by atoms with Gasteiger partial charge < -0.3 is 4.90 Å². The fourth-order valence-corrected chi connectivity index (χ4v) is 4.38. The average molecular weight is 386 g/mol. The molecule has 4 rings (SSSR count). The molecule has 25 heavy (non-hydrogen) atoms. The summed E-state index contributed by atoms with van der Waals surface area (Å²) in [7, 11) is 0. The second-order valence-corrected chi connectivity index (χ2v) is 7.65. The van der Waals surface area contributed by atoms with Crippen LogP contribution in [-0.2, 0) is 6.54 Å². The molecule has 0 aliphatic carbocycles. The number of hydrogen-bond acceptors (Lipinski definition) is 3. The minimum Gasteiger partial charge on any atom is -0.335 e. The Morgan fingerprint density at radius 1 is 0.880 bits per heavy atom. The third kappa shape index (κ3) is 3.15. The van der Waals surface area contributed by atoms with Gasteiger partial charge in [0, 0.05) is 21.9 Å². The topological polar surface area (TPSA) is 20.3 Å². The van der Waals surface area contributed by atoms with E-state index in [1.54, 1.807) is 11.8 Å². The Kier molecular flexibility index (Phi) is 4.46. The number of benzene rings is 3. The number of para-hydroxylation sites is 1. The van der Waals surface area contributed by atoms with Crippen LogP contribution in [0, 0.1) is 0 Å². The van der Waals surface area contributed by atoms with Crippen molar-refractivity contribution in [2.24, 2.45) is 0 Å². The van der Waals surface area contributed by atoms with Gasteiger partial charge in [0.15, 0.2) is 0 Å². The molecule has 3 aromatic carbocycles. The number of anilines is 2. The first-order chi connectivity index (χ1) is 12.2. The van der Waals surface area contributed by atoms with Crippen LogP contribution < -0.4 is 4.90 Å². The highest BCUT2D eigenvalue weighted by molar-refractivity contribution is 7.99. The molecule has 1 aliphatic heterocycles. The standard InChI is InChI=1S/C20H13Cl2NOS/c21-15-7-5-13(9-16(15)22)11-23-17-3-1-2-4-19(17)25-20-10-14(12-24)6-8-18(20)23/h1-10,12H,11H2. The van der Waals surface area contributed by atoms with Crippen molar-refractivity contribution >= 4 is 52.6 Å². The first kappa shape index (κ1) is 16.5. The predicted molar refractivity (Wildman–Crippen MR) is 105 cm³/mol. The van der Waals surface area contributed by atoms with Crippen molar-refractivity contribution in [1.82, 2.24) is 0 Å². The summed E-state index contributed by atoms with van der Waals surface area (Å²) in [5.41, 5.74) is 3.98. The second kappa shape index (κ2) is 6.75. The molecule has 0 atom stereocenters. The molecule has 0 fully saturated rings. The van der Waals surface area contributed by atoms with Gasteiger partial charge in [0.25, 0.3) is 0 Å². The Bertz CT molecular complexity index is 974. The third-order valence-corrected chi connectivity index (χ3v) is 5.96. The van der Waals surface area contributed by atoms with Crippen LogP contribution in [0.3, 0.4) is 0 Å². The van der Waals surface area contributed by atoms with Gasteiger partial charge >= 0.3 is 0 Å². The number of hydrogen-bond donors (Lipinski definition) is 0. The molecular weight excluding hydrogens is 373 g/mol. The Morgan fingerprint density at radius 2 is 1.68 bits per heavy atom. The molecule has 1 heterocycles. The van der Waals surface area contributed by atoms with Crippen LogP contribution in [0.25, 0.3) is 0 Å². The molecular formula is C20H13Cl2NOS. The summed E-state index contributed by atoms with van der Waals surface area (Å²) in [4.78, 5) is 15.6. The summed E-state index contributed by atoms with van der Waals surface area (Å²) in [6, 6.07) is 19.7. The van der Waals surface area contributed by atoms with Crippen LogP contribution >= 0.6 is 35.0 Å². The number of aldehydes is 1. The monoisotopic (exact) mass is 385 g/mol. The van der Waals surface area contributed by atoms with E-state index in [0.717, 1.165) is 33.0 Å². The lowest BCUT2D eigenvalue weighted by molar-refractivity contribution is 0.112. The van der Waals surface area contributed by atoms with Crippen LogP contribution in [0.4, 0.5) is 11.4 Å². The highest BCUT2D eigenvalue weighted by Crippen LogP contribution is 2.48. The molecule has 0 spiro atoms. The van der Waals surface area contributed by atoms with Crippen molar-refractivity contribution in [2.45, 2.75) is 16.3 Å². The molecule has 0 saturated heterocycles. The Morgan fingerprint density at radius 3 is 2.48 bits per heavy atom. The van der Waals surface area contributed by atoms with E-state index in [4.69, 9.17) is 23.2 Å². The first-order valence-corrected chi connectivity index (χ1v) is 9.30. The van der Waals surface area contributed by atoms with Crippen LogP contribution in [-0.4, -0.2) is 6.29 Å². The van der Waals surface area contributed by atoms with Gasteiger partial charge in [0.2, 0.25) is 0 Å². The fourth-order valence-electron chi connectivity index (χ4n) is 2.91. The molecule has 0 N–H and O–H groups in total. The van der Waals surface area contributed by atoms with E-state index >= 15 is 0 Å². The van der Waals surface area contributed by atoms with Gasteiger partial charge in [0.1, 0.15) is 6.29 Å². The Labute approximate surface area is 160 Å². The maximum atomic E-state index is 11.1. The largest absolute Gasteiger partial charge is 0.335 e. The number of carbonyl (C=O) groups is 1. The zero-order chi connectivity index (χ0) is 17.4. The second-order valence-electron chi connectivity index (χ2n) is 5.75. The molecule has 0 bridgehead atoms. The van der Waals surface area contributed by atoms with E-state index in [0.29, 0.717) is 22.2 Å². The van der Waals surface area contributed by atoms with Crippen molar-refractivity contribution in [2.75, 3.05) is 4.90 Å². The van der Waals surface area contributed by atoms with Crippen LogP contribution in [0.2, 0.25) is 10.0 Å². The van der Waals surface area contributed by atoms with Gasteiger partial charge in [-0.3, -0.25) is 4.79 Å². The molecule has 5 heteroatoms. The maximum absolute atomic E-state index is 11.1. The molecule has 3 aromatic rings. The first-order valence-electron chi connectivity index (χ1n) is 7.73. The molecule has 0 aromatic heterocycles. The summed E-state index contributed by atoms with van der Waals surface area (Å²) < 4.78 is 0. The number of halogens is 2. The summed E-state index contributed by atoms with van der Waals surface area (Å²) in [5.74, 6) is 0. The molecule has 124 valence electrons. The number of carbonyl (C=O) groups excluding carboxylic acids is 1. The minimum atomic E-state index is 0.551. The predicted octanol–water partition coefficient (Wildman–Crippen LogP) is 6.61. The van der Waals surface area contributed by atoms with Gasteiger partial charge in [-0.1, -0.05) is 53.2 Å². The lowest BCUT2D eigenvalue weighted by Crippen LogP contribution is -2.20. The summed E-state index contributed by atoms with van der Waals surface area (Å²) in [6.07, 6.45) is 0.880. The van der Waals surface area contributed by atoms with Crippen molar-refractivity contribution in [1.29, 1.82) is 0 Å². The number of nitrogens with zero attached hydrogens (tertiary/aromatic N) is 1. The summed E-state index contributed by atoms with van der Waals surface area (Å²) in [6.45, 7) is 0.669. The normalized spacial score (nSPS) is 12.5. The summed E-state index contributed by atoms with van der Waals surface area (Å²) >= 11 is 13.9. The van der Waals surface area contributed by atoms with E-state index in [1.807, 2.05) is 48.5 Å². The van der Waals surface area contributed by atoms with Crippen LogP contribution in [0.15, 0.2) is 70.5 Å². The molecule has 1 aliphatic rings. The zero-order valence-electron chi connectivity index (χ0n) is 13.1. The lowest BCUT2D eigenvalue weighted by Gasteiger charge is -2.33. The van der Waals surface area contributed by atoms with E-state index in [2.05, 4.69) is 17.0 Å². The lowest BCUT2D eigenvalue weighted by atomic mass is 10.1. The Balaban J connectivity index is 1.80. The summed E-state index contributed by atoms with van der Waals surface area (Å²) in [5, 5.41) is 1.10. The molecule has 0 unspecified atom stereocenters. The SMILES string of the molecule is O=Cc1ccc2c(c1)Sc1ccccc1N2Cc1ccc(Cl)c(Cl)c1. The minimum absolute atomic E-state index is 0.551. The van der Waals surface area contributed by atoms with E-state index in [-0.39, 0.29) is 0 Å². The van der Waals surface area contributed by atoms with Gasteiger partial charge in [0.05, 0.1) is 21.4 Å². The van der Waals surface area contributed by atoms with Crippen molar-refractivity contribution in [3.05, 3.63) is 81.8 Å². The maximum Gasteiger partial charge on any atom is 0.150 e. The molecule has 0 saturated carbocycles. The third-order valence-electron chi connectivity index (χ3n) is 4.11. The smallest absolute Gasteiger partial charge is 0.150 e. The van der Waals surface area contributed by atoms with Crippen LogP contribution in [0.5, 0.6) is 0 Å².